The van der Waals surface area contributed by atoms with E-state index in [4.69, 9.17) is 14.2 Å². The Morgan fingerprint density at radius 2 is 0.494 bits per heavy atom. The zero-order valence-corrected chi connectivity index (χ0v) is 52.6. The predicted octanol–water partition coefficient (Wildman–Crippen LogP) is 23.7. The van der Waals surface area contributed by atoms with Crippen LogP contribution in [0.3, 0.4) is 0 Å². The number of esters is 3. The van der Waals surface area contributed by atoms with Gasteiger partial charge in [-0.25, -0.2) is 0 Å². The van der Waals surface area contributed by atoms with Crippen molar-refractivity contribution in [1.29, 1.82) is 0 Å². The van der Waals surface area contributed by atoms with Crippen molar-refractivity contribution in [2.45, 2.75) is 361 Å². The average Bonchev–Trinajstić information content (AvgIpc) is 3.45. The number of unbranched alkanes of at least 4 members (excludes halogenated alkanes) is 40. The van der Waals surface area contributed by atoms with Crippen molar-refractivity contribution >= 4 is 17.9 Å². The highest BCUT2D eigenvalue weighted by molar-refractivity contribution is 5.71. The van der Waals surface area contributed by atoms with Gasteiger partial charge in [0, 0.05) is 19.3 Å². The molecule has 0 saturated heterocycles. The van der Waals surface area contributed by atoms with Crippen molar-refractivity contribution in [1.82, 2.24) is 0 Å². The van der Waals surface area contributed by atoms with Crippen LogP contribution in [0.4, 0.5) is 0 Å². The Bertz CT molecular complexity index is 1450. The maximum absolute atomic E-state index is 12.9. The van der Waals surface area contributed by atoms with Crippen LogP contribution in [-0.4, -0.2) is 37.2 Å². The van der Waals surface area contributed by atoms with Crippen LogP contribution in [0.15, 0.2) is 72.9 Å². The summed E-state index contributed by atoms with van der Waals surface area (Å²) in [6, 6.07) is 0. The Balaban J connectivity index is 3.96. The highest BCUT2D eigenvalue weighted by Gasteiger charge is 2.19. The van der Waals surface area contributed by atoms with Gasteiger partial charge in [0.25, 0.3) is 0 Å². The lowest BCUT2D eigenvalue weighted by Gasteiger charge is -2.18. The monoisotopic (exact) mass is 1100 g/mol. The number of carbonyl (C=O) groups excluding carboxylic acids is 3. The molecule has 1 unspecified atom stereocenters. The van der Waals surface area contributed by atoms with E-state index in [-0.39, 0.29) is 31.1 Å². The summed E-state index contributed by atoms with van der Waals surface area (Å²) in [7, 11) is 0. The van der Waals surface area contributed by atoms with Crippen molar-refractivity contribution in [3.8, 4) is 0 Å². The van der Waals surface area contributed by atoms with Crippen molar-refractivity contribution < 1.29 is 28.6 Å². The molecule has 0 radical (unpaired) electrons. The third kappa shape index (κ3) is 65.5. The molecule has 6 heteroatoms. The first-order valence-corrected chi connectivity index (χ1v) is 34.4. The average molecular weight is 1100 g/mol. The maximum Gasteiger partial charge on any atom is 0.306 e. The van der Waals surface area contributed by atoms with Gasteiger partial charge in [0.05, 0.1) is 0 Å². The molecule has 0 bridgehead atoms. The van der Waals surface area contributed by atoms with E-state index in [1.165, 1.54) is 218 Å². The van der Waals surface area contributed by atoms with Crippen LogP contribution in [0.5, 0.6) is 0 Å². The molecule has 0 spiro atoms. The molecule has 458 valence electrons. The Hall–Kier alpha value is -3.15. The van der Waals surface area contributed by atoms with Crippen molar-refractivity contribution in [3.05, 3.63) is 72.9 Å². The second-order valence-electron chi connectivity index (χ2n) is 23.1. The lowest BCUT2D eigenvalue weighted by atomic mass is 10.0. The van der Waals surface area contributed by atoms with Gasteiger partial charge in [-0.3, -0.25) is 14.4 Å². The molecule has 0 fully saturated rings. The molecule has 0 aromatic heterocycles. The molecule has 1 atom stereocenters. The van der Waals surface area contributed by atoms with Gasteiger partial charge in [0.1, 0.15) is 13.2 Å². The van der Waals surface area contributed by atoms with Crippen molar-refractivity contribution in [3.63, 3.8) is 0 Å². The highest BCUT2D eigenvalue weighted by Crippen LogP contribution is 2.18. The van der Waals surface area contributed by atoms with E-state index in [1.54, 1.807) is 0 Å². The van der Waals surface area contributed by atoms with Crippen LogP contribution >= 0.6 is 0 Å². The van der Waals surface area contributed by atoms with Gasteiger partial charge in [-0.15, -0.1) is 0 Å². The normalized spacial score (nSPS) is 12.5. The maximum atomic E-state index is 12.9. The lowest BCUT2D eigenvalue weighted by molar-refractivity contribution is -0.167. The Labute approximate surface area is 491 Å². The van der Waals surface area contributed by atoms with Crippen LogP contribution in [0.25, 0.3) is 0 Å². The largest absolute Gasteiger partial charge is 0.462 e. The summed E-state index contributed by atoms with van der Waals surface area (Å²) in [6.07, 6.45) is 88.4. The van der Waals surface area contributed by atoms with Crippen LogP contribution in [0.2, 0.25) is 0 Å². The SMILES string of the molecule is CC/C=C\C/C=C\C/C=C\C/C=C\CCCCCCCCCCCCCCCCCCC(=O)OCC(COC(=O)CCCCCCC)OC(=O)CCCCCCCCCCCCCCCCC/C=C\C/C=C\CCCCCCC. The predicted molar refractivity (Wildman–Crippen MR) is 344 cm³/mol. The molecular weight excluding hydrogens is 973 g/mol. The molecule has 6 nitrogen and oxygen atoms in total. The van der Waals surface area contributed by atoms with E-state index in [9.17, 15) is 14.4 Å². The first kappa shape index (κ1) is 75.8. The third-order valence-corrected chi connectivity index (χ3v) is 15.2. The summed E-state index contributed by atoms with van der Waals surface area (Å²) in [5.74, 6) is -0.867. The van der Waals surface area contributed by atoms with E-state index in [1.807, 2.05) is 0 Å². The minimum Gasteiger partial charge on any atom is -0.462 e. The van der Waals surface area contributed by atoms with E-state index in [0.29, 0.717) is 19.3 Å². The van der Waals surface area contributed by atoms with Gasteiger partial charge >= 0.3 is 17.9 Å². The fourth-order valence-electron chi connectivity index (χ4n) is 10.1. The van der Waals surface area contributed by atoms with Gasteiger partial charge in [-0.1, -0.05) is 318 Å². The van der Waals surface area contributed by atoms with Crippen LogP contribution < -0.4 is 0 Å². The number of ether oxygens (including phenoxy) is 3. The van der Waals surface area contributed by atoms with Gasteiger partial charge < -0.3 is 14.2 Å². The summed E-state index contributed by atoms with van der Waals surface area (Å²) in [6.45, 7) is 6.48. The summed E-state index contributed by atoms with van der Waals surface area (Å²) in [5, 5.41) is 0. The van der Waals surface area contributed by atoms with Gasteiger partial charge in [0.15, 0.2) is 6.10 Å². The molecule has 0 aromatic carbocycles. The van der Waals surface area contributed by atoms with Crippen molar-refractivity contribution in [2.75, 3.05) is 13.2 Å². The molecule has 0 N–H and O–H groups in total. The summed E-state index contributed by atoms with van der Waals surface area (Å²) in [4.78, 5) is 38.0. The molecule has 0 amide bonds. The smallest absolute Gasteiger partial charge is 0.306 e. The first-order valence-electron chi connectivity index (χ1n) is 34.4. The number of hydrogen-bond acceptors (Lipinski definition) is 6. The Morgan fingerprint density at radius 3 is 0.772 bits per heavy atom. The summed E-state index contributed by atoms with van der Waals surface area (Å²) in [5.41, 5.74) is 0. The minimum atomic E-state index is -0.770. The van der Waals surface area contributed by atoms with E-state index < -0.39 is 6.10 Å². The molecule has 0 rings (SSSR count). The van der Waals surface area contributed by atoms with Crippen LogP contribution in [-0.2, 0) is 28.6 Å². The molecule has 0 aromatic rings. The molecule has 0 aliphatic rings. The number of allylic oxidation sites excluding steroid dienone is 12. The van der Waals surface area contributed by atoms with E-state index in [2.05, 4.69) is 93.7 Å². The first-order chi connectivity index (χ1) is 39.0. The standard InChI is InChI=1S/C73H130O6/c1-4-7-10-13-15-17-19-21-23-25-27-29-31-33-35-36-38-39-41-43-45-47-49-51-53-55-57-60-63-66-72(75)78-69-70(68-77-71(74)65-62-59-12-9-6-3)79-73(76)67-64-61-58-56-54-52-50-48-46-44-42-40-37-34-32-30-28-26-24-22-20-18-16-14-11-8-5-2/h7,10,15,17,20-23,26-29,70H,4-6,8-9,11-14,16,18-19,24-25,30-69H2,1-3H3/b10-7-,17-15-,22-20-,23-21-,28-26-,29-27-. The zero-order valence-electron chi connectivity index (χ0n) is 52.6. The van der Waals surface area contributed by atoms with E-state index in [0.717, 1.165) is 96.3 Å². The van der Waals surface area contributed by atoms with E-state index >= 15 is 0 Å². The molecule has 0 aliphatic carbocycles. The second kappa shape index (κ2) is 67.4. The van der Waals surface area contributed by atoms with Gasteiger partial charge in [-0.05, 0) is 89.9 Å². The fourth-order valence-corrected chi connectivity index (χ4v) is 10.1. The van der Waals surface area contributed by atoms with Crippen molar-refractivity contribution in [2.24, 2.45) is 0 Å². The van der Waals surface area contributed by atoms with Gasteiger partial charge in [0.2, 0.25) is 0 Å². The molecule has 0 heterocycles. The summed E-state index contributed by atoms with van der Waals surface area (Å²) < 4.78 is 16.8. The molecule has 79 heavy (non-hydrogen) atoms. The number of rotatable bonds is 63. The highest BCUT2D eigenvalue weighted by atomic mass is 16.6. The minimum absolute atomic E-state index is 0.0713. The molecule has 0 aliphatic heterocycles. The lowest BCUT2D eigenvalue weighted by Crippen LogP contribution is -2.30. The Morgan fingerprint density at radius 1 is 0.266 bits per heavy atom. The summed E-state index contributed by atoms with van der Waals surface area (Å²) >= 11 is 0. The molecule has 0 saturated carbocycles. The van der Waals surface area contributed by atoms with Crippen LogP contribution in [0, 0.1) is 0 Å². The zero-order chi connectivity index (χ0) is 57.1. The Kier molecular flexibility index (Phi) is 64.7. The number of carbonyl (C=O) groups is 3. The van der Waals surface area contributed by atoms with Crippen LogP contribution in [0.1, 0.15) is 355 Å². The fraction of sp³-hybridized carbons (Fsp3) is 0.795. The topological polar surface area (TPSA) is 78.9 Å². The van der Waals surface area contributed by atoms with Gasteiger partial charge in [-0.2, -0.15) is 0 Å². The quantitative estimate of drug-likeness (QED) is 0.0261. The molecular formula is C73H130O6. The third-order valence-electron chi connectivity index (χ3n) is 15.2. The number of hydrogen-bond donors (Lipinski definition) is 0. The second-order valence-corrected chi connectivity index (χ2v) is 23.1.